The van der Waals surface area contributed by atoms with Crippen molar-refractivity contribution in [3.05, 3.63) is 40.7 Å². The highest BCUT2D eigenvalue weighted by Crippen LogP contribution is 2.26. The number of halogens is 1. The number of nitrogens with one attached hydrogen (secondary N) is 2. The molecular formula is C19H26ClN5O2. The fourth-order valence-corrected chi connectivity index (χ4v) is 2.89. The summed E-state index contributed by atoms with van der Waals surface area (Å²) in [6, 6.07) is 6.37. The molecule has 0 radical (unpaired) electrons. The Balaban J connectivity index is 2.02. The van der Waals surface area contributed by atoms with Crippen LogP contribution in [0.5, 0.6) is 0 Å². The number of hydrogen-bond acceptors (Lipinski definition) is 4. The molecule has 0 aliphatic heterocycles. The molecule has 0 bridgehead atoms. The molecule has 0 aliphatic carbocycles. The molecule has 1 aromatic carbocycles. The van der Waals surface area contributed by atoms with Gasteiger partial charge in [0.15, 0.2) is 0 Å². The van der Waals surface area contributed by atoms with Crippen LogP contribution in [0.4, 0.5) is 11.4 Å². The first-order valence-corrected chi connectivity index (χ1v) is 9.23. The normalized spacial score (nSPS) is 13.1. The third-order valence-electron chi connectivity index (χ3n) is 4.13. The van der Waals surface area contributed by atoms with Gasteiger partial charge in [0.25, 0.3) is 0 Å². The van der Waals surface area contributed by atoms with E-state index in [2.05, 4.69) is 15.7 Å². The highest BCUT2D eigenvalue weighted by atomic mass is 35.5. The van der Waals surface area contributed by atoms with E-state index in [0.717, 1.165) is 11.4 Å². The number of rotatable bonds is 7. The number of nitrogens with two attached hydrogens (primary N) is 1. The van der Waals surface area contributed by atoms with Crippen LogP contribution >= 0.6 is 11.6 Å². The summed E-state index contributed by atoms with van der Waals surface area (Å²) in [5, 5.41) is 10.3. The van der Waals surface area contributed by atoms with Gasteiger partial charge in [0.05, 0.1) is 16.4 Å². The van der Waals surface area contributed by atoms with Crippen LogP contribution in [0.25, 0.3) is 0 Å². The van der Waals surface area contributed by atoms with E-state index in [9.17, 15) is 9.59 Å². The van der Waals surface area contributed by atoms with Gasteiger partial charge in [-0.25, -0.2) is 0 Å². The summed E-state index contributed by atoms with van der Waals surface area (Å²) >= 11 is 6.26. The first-order chi connectivity index (χ1) is 12.7. The molecule has 2 atom stereocenters. The van der Waals surface area contributed by atoms with Gasteiger partial charge >= 0.3 is 0 Å². The molecule has 0 spiro atoms. The lowest BCUT2D eigenvalue weighted by Crippen LogP contribution is -2.25. The van der Waals surface area contributed by atoms with Crippen molar-refractivity contribution < 1.29 is 9.59 Å². The Morgan fingerprint density at radius 2 is 1.93 bits per heavy atom. The Morgan fingerprint density at radius 3 is 2.48 bits per heavy atom. The largest absolute Gasteiger partial charge is 0.328 e. The van der Waals surface area contributed by atoms with Crippen molar-refractivity contribution >= 4 is 34.8 Å². The highest BCUT2D eigenvalue weighted by molar-refractivity contribution is 6.34. The summed E-state index contributed by atoms with van der Waals surface area (Å²) < 4.78 is 1.67. The molecule has 4 N–H and O–H groups in total. The fraction of sp³-hybridized carbons (Fsp3) is 0.421. The minimum atomic E-state index is -0.479. The quantitative estimate of drug-likeness (QED) is 0.672. The topological polar surface area (TPSA) is 102 Å². The number of amides is 2. The molecule has 2 unspecified atom stereocenters. The van der Waals surface area contributed by atoms with E-state index in [1.165, 1.54) is 0 Å². The van der Waals surface area contributed by atoms with Crippen LogP contribution in [0.15, 0.2) is 24.3 Å². The zero-order valence-corrected chi connectivity index (χ0v) is 16.8. The van der Waals surface area contributed by atoms with Crippen LogP contribution in [-0.2, 0) is 9.59 Å². The van der Waals surface area contributed by atoms with E-state index >= 15 is 0 Å². The second kappa shape index (κ2) is 9.01. The SMILES string of the molecule is Cc1cc(C)n(C(C)C(=O)Nc2ccc(NC(=O)CCC(C)N)cc2Cl)n1. The molecule has 0 aliphatic rings. The minimum absolute atomic E-state index is 0.0267. The molecule has 2 amide bonds. The maximum Gasteiger partial charge on any atom is 0.248 e. The molecule has 1 heterocycles. The van der Waals surface area contributed by atoms with Gasteiger partial charge in [-0.3, -0.25) is 14.3 Å². The zero-order valence-electron chi connectivity index (χ0n) is 16.0. The monoisotopic (exact) mass is 391 g/mol. The Kier molecular flexibility index (Phi) is 6.98. The lowest BCUT2D eigenvalue weighted by Gasteiger charge is -2.16. The van der Waals surface area contributed by atoms with Crippen molar-refractivity contribution in [1.82, 2.24) is 9.78 Å². The highest BCUT2D eigenvalue weighted by Gasteiger charge is 2.19. The summed E-state index contributed by atoms with van der Waals surface area (Å²) in [6.45, 7) is 7.41. The lowest BCUT2D eigenvalue weighted by molar-refractivity contribution is -0.119. The van der Waals surface area contributed by atoms with E-state index in [4.69, 9.17) is 17.3 Å². The Morgan fingerprint density at radius 1 is 1.22 bits per heavy atom. The summed E-state index contributed by atoms with van der Waals surface area (Å²) in [7, 11) is 0. The van der Waals surface area contributed by atoms with Crippen molar-refractivity contribution in [2.24, 2.45) is 5.73 Å². The summed E-state index contributed by atoms with van der Waals surface area (Å²) in [5.41, 5.74) is 8.46. The Hall–Kier alpha value is -2.38. The molecule has 8 heteroatoms. The predicted molar refractivity (Wildman–Crippen MR) is 108 cm³/mol. The van der Waals surface area contributed by atoms with Gasteiger partial charge in [0.1, 0.15) is 6.04 Å². The van der Waals surface area contributed by atoms with E-state index < -0.39 is 6.04 Å². The average Bonchev–Trinajstić information content (AvgIpc) is 2.93. The number of benzene rings is 1. The molecule has 2 rings (SSSR count). The number of nitrogens with zero attached hydrogens (tertiary/aromatic N) is 2. The van der Waals surface area contributed by atoms with Crippen molar-refractivity contribution in [3.8, 4) is 0 Å². The van der Waals surface area contributed by atoms with E-state index in [1.807, 2.05) is 26.8 Å². The third-order valence-corrected chi connectivity index (χ3v) is 4.44. The van der Waals surface area contributed by atoms with Gasteiger partial charge in [0.2, 0.25) is 11.8 Å². The maximum absolute atomic E-state index is 12.5. The van der Waals surface area contributed by atoms with Gasteiger partial charge in [-0.1, -0.05) is 11.6 Å². The van der Waals surface area contributed by atoms with Crippen LogP contribution in [0.3, 0.4) is 0 Å². The van der Waals surface area contributed by atoms with E-state index in [0.29, 0.717) is 29.2 Å². The van der Waals surface area contributed by atoms with Gasteiger partial charge in [0, 0.05) is 23.8 Å². The molecular weight excluding hydrogens is 366 g/mol. The molecule has 146 valence electrons. The maximum atomic E-state index is 12.5. The number of aromatic nitrogens is 2. The number of hydrogen-bond donors (Lipinski definition) is 3. The number of aryl methyl sites for hydroxylation is 2. The fourth-order valence-electron chi connectivity index (χ4n) is 2.66. The van der Waals surface area contributed by atoms with Crippen molar-refractivity contribution in [2.75, 3.05) is 10.6 Å². The van der Waals surface area contributed by atoms with Crippen LogP contribution in [0, 0.1) is 13.8 Å². The predicted octanol–water partition coefficient (Wildman–Crippen LogP) is 3.42. The standard InChI is InChI=1S/C19H26ClN5O2/c1-11(21)5-8-18(26)22-15-6-7-17(16(20)10-15)23-19(27)14(4)25-13(3)9-12(2)24-25/h6-7,9-11,14H,5,8,21H2,1-4H3,(H,22,26)(H,23,27). The summed E-state index contributed by atoms with van der Waals surface area (Å²) in [4.78, 5) is 24.4. The van der Waals surface area contributed by atoms with E-state index in [1.54, 1.807) is 29.8 Å². The van der Waals surface area contributed by atoms with E-state index in [-0.39, 0.29) is 17.9 Å². The first-order valence-electron chi connectivity index (χ1n) is 8.86. The number of carbonyl (C=O) groups excluding carboxylic acids is 2. The first kappa shape index (κ1) is 20.9. The van der Waals surface area contributed by atoms with Crippen LogP contribution in [0.2, 0.25) is 5.02 Å². The summed E-state index contributed by atoms with van der Waals surface area (Å²) in [6.07, 6.45) is 0.950. The molecule has 2 aromatic rings. The lowest BCUT2D eigenvalue weighted by atomic mass is 10.2. The van der Waals surface area contributed by atoms with Crippen LogP contribution in [0.1, 0.15) is 44.1 Å². The summed E-state index contributed by atoms with van der Waals surface area (Å²) in [5.74, 6) is -0.352. The zero-order chi connectivity index (χ0) is 20.1. The molecule has 0 fully saturated rings. The molecule has 27 heavy (non-hydrogen) atoms. The molecule has 1 aromatic heterocycles. The van der Waals surface area contributed by atoms with Crippen molar-refractivity contribution in [3.63, 3.8) is 0 Å². The van der Waals surface area contributed by atoms with Crippen molar-refractivity contribution in [1.29, 1.82) is 0 Å². The van der Waals surface area contributed by atoms with Crippen LogP contribution < -0.4 is 16.4 Å². The van der Waals surface area contributed by atoms with Gasteiger partial charge < -0.3 is 16.4 Å². The molecule has 7 nitrogen and oxygen atoms in total. The molecule has 0 saturated carbocycles. The average molecular weight is 392 g/mol. The minimum Gasteiger partial charge on any atom is -0.328 e. The van der Waals surface area contributed by atoms with Gasteiger partial charge in [-0.2, -0.15) is 5.10 Å². The second-order valence-corrected chi connectivity index (χ2v) is 7.20. The number of carbonyl (C=O) groups is 2. The number of anilines is 2. The second-order valence-electron chi connectivity index (χ2n) is 6.80. The van der Waals surface area contributed by atoms with Gasteiger partial charge in [-0.05, 0) is 58.4 Å². The third kappa shape index (κ3) is 5.80. The Labute approximate surface area is 164 Å². The van der Waals surface area contributed by atoms with Gasteiger partial charge in [-0.15, -0.1) is 0 Å². The van der Waals surface area contributed by atoms with Crippen molar-refractivity contribution in [2.45, 2.75) is 52.6 Å². The molecule has 0 saturated heterocycles. The smallest absolute Gasteiger partial charge is 0.248 e. The van der Waals surface area contributed by atoms with Crippen LogP contribution in [-0.4, -0.2) is 27.6 Å². The Bertz CT molecular complexity index is 832.